The smallest absolute Gasteiger partial charge is 0.358 e. The topological polar surface area (TPSA) is 68.7 Å². The number of carboxylic acid groups (broad SMARTS) is 1. The highest BCUT2D eigenvalue weighted by Crippen LogP contribution is 2.23. The predicted octanol–water partition coefficient (Wildman–Crippen LogP) is 4.02. The Balaban J connectivity index is 1.57. The third-order valence-corrected chi connectivity index (χ3v) is 5.33. The number of carbonyl (C=O) groups is 1. The van der Waals surface area contributed by atoms with Crippen molar-refractivity contribution in [3.05, 3.63) is 59.4 Å². The van der Waals surface area contributed by atoms with Crippen LogP contribution in [-0.2, 0) is 16.2 Å². The molecule has 0 spiro atoms. The van der Waals surface area contributed by atoms with Gasteiger partial charge in [-0.3, -0.25) is 0 Å². The summed E-state index contributed by atoms with van der Waals surface area (Å²) in [5.74, 6) is 1.23. The molecule has 1 aromatic heterocycles. The van der Waals surface area contributed by atoms with E-state index in [1.807, 2.05) is 24.3 Å². The van der Waals surface area contributed by atoms with Gasteiger partial charge in [-0.25, -0.2) is 9.78 Å². The lowest BCUT2D eigenvalue weighted by Crippen LogP contribution is -2.22. The summed E-state index contributed by atoms with van der Waals surface area (Å²) >= 11 is 1.71. The minimum absolute atomic E-state index is 0.00475. The molecule has 0 aliphatic carbocycles. The molecule has 1 N–H and O–H groups in total. The summed E-state index contributed by atoms with van der Waals surface area (Å²) in [6.45, 7) is 2.00. The van der Waals surface area contributed by atoms with Crippen LogP contribution in [0.5, 0.6) is 5.75 Å². The van der Waals surface area contributed by atoms with Gasteiger partial charge in [-0.1, -0.05) is 30.3 Å². The number of rotatable bonds is 8. The summed E-state index contributed by atoms with van der Waals surface area (Å²) < 4.78 is 11.1. The van der Waals surface area contributed by atoms with Gasteiger partial charge in [0.1, 0.15) is 0 Å². The Hall–Kier alpha value is -2.05. The van der Waals surface area contributed by atoms with Crippen molar-refractivity contribution in [2.75, 3.05) is 19.8 Å². The van der Waals surface area contributed by atoms with Crippen molar-refractivity contribution in [3.63, 3.8) is 0 Å². The van der Waals surface area contributed by atoms with Gasteiger partial charge >= 0.3 is 5.97 Å². The number of nitrogens with zero attached hydrogens (tertiary/aromatic N) is 1. The number of hydrogen-bond donors (Lipinski definition) is 1. The van der Waals surface area contributed by atoms with Crippen LogP contribution in [-0.4, -0.2) is 35.9 Å². The van der Waals surface area contributed by atoms with Gasteiger partial charge < -0.3 is 14.6 Å². The molecule has 5 nitrogen and oxygen atoms in total. The number of ether oxygens (including phenoxy) is 2. The highest BCUT2D eigenvalue weighted by molar-refractivity contribution is 7.97. The highest BCUT2D eigenvalue weighted by atomic mass is 32.2. The summed E-state index contributed by atoms with van der Waals surface area (Å²) in [6, 6.07) is 13.8. The molecule has 0 bridgehead atoms. The molecular weight excluding hydrogens is 350 g/mol. The Morgan fingerprint density at radius 3 is 2.65 bits per heavy atom. The lowest BCUT2D eigenvalue weighted by Gasteiger charge is -2.22. The van der Waals surface area contributed by atoms with E-state index in [1.54, 1.807) is 17.8 Å². The van der Waals surface area contributed by atoms with Gasteiger partial charge in [-0.15, -0.1) is 0 Å². The first-order valence-electron chi connectivity index (χ1n) is 8.78. The average molecular weight is 373 g/mol. The fraction of sp³-hybridized carbons (Fsp3) is 0.400. The van der Waals surface area contributed by atoms with Crippen LogP contribution in [0.25, 0.3) is 0 Å². The largest absolute Gasteiger partial charge is 0.491 e. The van der Waals surface area contributed by atoms with E-state index in [2.05, 4.69) is 17.1 Å². The van der Waals surface area contributed by atoms with Crippen LogP contribution in [0.15, 0.2) is 42.5 Å². The number of aromatic nitrogens is 1. The molecule has 26 heavy (non-hydrogen) atoms. The summed E-state index contributed by atoms with van der Waals surface area (Å²) in [5.41, 5.74) is 1.99. The van der Waals surface area contributed by atoms with E-state index in [1.165, 1.54) is 5.56 Å². The summed E-state index contributed by atoms with van der Waals surface area (Å²) in [7, 11) is 0. The molecule has 0 saturated carbocycles. The maximum absolute atomic E-state index is 11.6. The quantitative estimate of drug-likeness (QED) is 0.754. The van der Waals surface area contributed by atoms with E-state index in [0.29, 0.717) is 24.0 Å². The van der Waals surface area contributed by atoms with E-state index in [-0.39, 0.29) is 5.69 Å². The first-order chi connectivity index (χ1) is 12.7. The number of hydrogen-bond acceptors (Lipinski definition) is 5. The van der Waals surface area contributed by atoms with Gasteiger partial charge in [0.15, 0.2) is 11.4 Å². The van der Waals surface area contributed by atoms with Gasteiger partial charge in [-0.05, 0) is 36.5 Å². The standard InChI is InChI=1S/C20H23NO4S/c22-20(23)19-18(25-12-15-8-10-24-11-9-15)7-6-17(21-19)14-26-13-16-4-2-1-3-5-16/h1-7,15H,8-14H2,(H,22,23). The molecule has 0 unspecified atom stereocenters. The molecule has 6 heteroatoms. The third-order valence-electron chi connectivity index (χ3n) is 4.30. The average Bonchev–Trinajstić information content (AvgIpc) is 2.68. The van der Waals surface area contributed by atoms with Crippen LogP contribution in [0, 0.1) is 5.92 Å². The fourth-order valence-electron chi connectivity index (χ4n) is 2.81. The van der Waals surface area contributed by atoms with Crippen molar-refractivity contribution in [2.24, 2.45) is 5.92 Å². The fourth-order valence-corrected chi connectivity index (χ4v) is 3.71. The lowest BCUT2D eigenvalue weighted by molar-refractivity contribution is 0.0488. The van der Waals surface area contributed by atoms with Gasteiger partial charge in [-0.2, -0.15) is 11.8 Å². The zero-order valence-corrected chi connectivity index (χ0v) is 15.4. The Morgan fingerprint density at radius 1 is 1.15 bits per heavy atom. The predicted molar refractivity (Wildman–Crippen MR) is 102 cm³/mol. The Labute approximate surface area is 157 Å². The maximum atomic E-state index is 11.6. The highest BCUT2D eigenvalue weighted by Gasteiger charge is 2.18. The first-order valence-corrected chi connectivity index (χ1v) is 9.93. The number of benzene rings is 1. The van der Waals surface area contributed by atoms with Gasteiger partial charge in [0.05, 0.1) is 12.3 Å². The second-order valence-electron chi connectivity index (χ2n) is 6.30. The molecule has 1 fully saturated rings. The molecule has 1 aromatic carbocycles. The van der Waals surface area contributed by atoms with Crippen molar-refractivity contribution >= 4 is 17.7 Å². The number of aromatic carboxylic acids is 1. The third kappa shape index (κ3) is 5.47. The number of carboxylic acids is 1. The molecule has 2 aromatic rings. The number of pyridine rings is 1. The van der Waals surface area contributed by atoms with Gasteiger partial charge in [0.25, 0.3) is 0 Å². The SMILES string of the molecule is O=C(O)c1nc(CSCc2ccccc2)ccc1OCC1CCOCC1. The lowest BCUT2D eigenvalue weighted by atomic mass is 10.0. The van der Waals surface area contributed by atoms with Crippen molar-refractivity contribution in [1.82, 2.24) is 4.98 Å². The summed E-state index contributed by atoms with van der Waals surface area (Å²) in [6.07, 6.45) is 1.90. The van der Waals surface area contributed by atoms with Crippen molar-refractivity contribution in [3.8, 4) is 5.75 Å². The number of thioether (sulfide) groups is 1. The molecule has 2 heterocycles. The van der Waals surface area contributed by atoms with E-state index < -0.39 is 5.97 Å². The molecule has 1 aliphatic rings. The molecule has 0 amide bonds. The minimum atomic E-state index is -1.05. The van der Waals surface area contributed by atoms with Crippen LogP contribution < -0.4 is 4.74 Å². The maximum Gasteiger partial charge on any atom is 0.358 e. The van der Waals surface area contributed by atoms with Crippen molar-refractivity contribution in [1.29, 1.82) is 0 Å². The van der Waals surface area contributed by atoms with E-state index in [4.69, 9.17) is 9.47 Å². The zero-order chi connectivity index (χ0) is 18.2. The molecule has 1 saturated heterocycles. The Kier molecular flexibility index (Phi) is 6.91. The molecular formula is C20H23NO4S. The van der Waals surface area contributed by atoms with Crippen molar-refractivity contribution < 1.29 is 19.4 Å². The van der Waals surface area contributed by atoms with Crippen LogP contribution in [0.4, 0.5) is 0 Å². The normalized spacial score (nSPS) is 14.9. The van der Waals surface area contributed by atoms with Gasteiger partial charge in [0, 0.05) is 24.7 Å². The van der Waals surface area contributed by atoms with Gasteiger partial charge in [0.2, 0.25) is 0 Å². The monoisotopic (exact) mass is 373 g/mol. The van der Waals surface area contributed by atoms with Crippen LogP contribution in [0.2, 0.25) is 0 Å². The summed E-state index contributed by atoms with van der Waals surface area (Å²) in [5, 5.41) is 9.46. The molecule has 1 aliphatic heterocycles. The van der Waals surface area contributed by atoms with Crippen molar-refractivity contribution in [2.45, 2.75) is 24.3 Å². The minimum Gasteiger partial charge on any atom is -0.491 e. The second kappa shape index (κ2) is 9.59. The summed E-state index contributed by atoms with van der Waals surface area (Å²) in [4.78, 5) is 15.8. The van der Waals surface area contributed by atoms with Crippen LogP contribution >= 0.6 is 11.8 Å². The molecule has 138 valence electrons. The molecule has 3 rings (SSSR count). The van der Waals surface area contributed by atoms with Crippen LogP contribution in [0.1, 0.15) is 34.6 Å². The first kappa shape index (κ1) is 18.7. The zero-order valence-electron chi connectivity index (χ0n) is 14.6. The van der Waals surface area contributed by atoms with E-state index >= 15 is 0 Å². The van der Waals surface area contributed by atoms with E-state index in [9.17, 15) is 9.90 Å². The van der Waals surface area contributed by atoms with E-state index in [0.717, 1.165) is 37.5 Å². The second-order valence-corrected chi connectivity index (χ2v) is 7.29. The Bertz CT molecular complexity index is 717. The Morgan fingerprint density at radius 2 is 1.92 bits per heavy atom. The molecule has 0 radical (unpaired) electrons. The van der Waals surface area contributed by atoms with Crippen LogP contribution in [0.3, 0.4) is 0 Å². The molecule has 0 atom stereocenters.